The van der Waals surface area contributed by atoms with Crippen molar-refractivity contribution in [3.8, 4) is 0 Å². The van der Waals surface area contributed by atoms with Crippen molar-refractivity contribution in [3.63, 3.8) is 0 Å². The fourth-order valence-corrected chi connectivity index (χ4v) is 3.06. The van der Waals surface area contributed by atoms with Gasteiger partial charge in [-0.05, 0) is 35.2 Å². The lowest BCUT2D eigenvalue weighted by Gasteiger charge is -2.29. The van der Waals surface area contributed by atoms with Crippen molar-refractivity contribution >= 4 is 33.6 Å². The van der Waals surface area contributed by atoms with Crippen molar-refractivity contribution in [2.75, 3.05) is 23.3 Å². The Balaban J connectivity index is 2.26. The minimum Gasteiger partial charge on any atom is -0.368 e. The van der Waals surface area contributed by atoms with Crippen molar-refractivity contribution in [2.24, 2.45) is 5.73 Å². The van der Waals surface area contributed by atoms with E-state index in [1.807, 2.05) is 4.90 Å². The number of hydrogen-bond donors (Lipinski definition) is 2. The van der Waals surface area contributed by atoms with Crippen molar-refractivity contribution in [2.45, 2.75) is 45.1 Å². The van der Waals surface area contributed by atoms with Crippen molar-refractivity contribution in [1.82, 2.24) is 9.97 Å². The van der Waals surface area contributed by atoms with Gasteiger partial charge in [-0.25, -0.2) is 4.98 Å². The first-order valence-electron chi connectivity index (χ1n) is 7.43. The molecule has 1 heterocycles. The summed E-state index contributed by atoms with van der Waals surface area (Å²) in [5.41, 5.74) is 5.41. The minimum absolute atomic E-state index is 0.188. The maximum Gasteiger partial charge on any atom is 0.237 e. The normalized spacial score (nSPS) is 15.1. The van der Waals surface area contributed by atoms with E-state index in [1.165, 1.54) is 12.8 Å². The van der Waals surface area contributed by atoms with Gasteiger partial charge in [0.2, 0.25) is 11.9 Å². The third-order valence-electron chi connectivity index (χ3n) is 3.62. The third kappa shape index (κ3) is 4.30. The quantitative estimate of drug-likeness (QED) is 0.783. The molecule has 0 radical (unpaired) electrons. The minimum atomic E-state index is -0.338. The van der Waals surface area contributed by atoms with Crippen LogP contribution in [0.25, 0.3) is 0 Å². The molecular formula is C14H22BrN5O. The zero-order valence-corrected chi connectivity index (χ0v) is 13.9. The van der Waals surface area contributed by atoms with Crippen LogP contribution in [0.1, 0.15) is 39.0 Å². The summed E-state index contributed by atoms with van der Waals surface area (Å²) >= 11 is 3.49. The fraction of sp³-hybridized carbons (Fsp3) is 0.643. The number of nitrogens with two attached hydrogens (primary N) is 1. The molecule has 1 aliphatic carbocycles. The van der Waals surface area contributed by atoms with Gasteiger partial charge in [-0.3, -0.25) is 4.79 Å². The molecule has 1 saturated carbocycles. The number of carbonyl (C=O) groups is 1. The SMILES string of the molecule is CCCNc1ncc(Br)c(N(CC(N)=O)C2CCCC2)n1. The van der Waals surface area contributed by atoms with E-state index in [0.717, 1.165) is 36.1 Å². The number of anilines is 2. The molecule has 0 aromatic carbocycles. The van der Waals surface area contributed by atoms with Crippen molar-refractivity contribution in [3.05, 3.63) is 10.7 Å². The van der Waals surface area contributed by atoms with Crippen LogP contribution in [0.4, 0.5) is 11.8 Å². The van der Waals surface area contributed by atoms with Crippen molar-refractivity contribution in [1.29, 1.82) is 0 Å². The summed E-state index contributed by atoms with van der Waals surface area (Å²) in [7, 11) is 0. The van der Waals surface area contributed by atoms with Gasteiger partial charge in [0.25, 0.3) is 0 Å². The average Bonchev–Trinajstić information content (AvgIpc) is 2.98. The first-order chi connectivity index (χ1) is 10.1. The lowest BCUT2D eigenvalue weighted by Crippen LogP contribution is -2.41. The Labute approximate surface area is 133 Å². The molecule has 1 aromatic rings. The van der Waals surface area contributed by atoms with E-state index >= 15 is 0 Å². The number of carbonyl (C=O) groups excluding carboxylic acids is 1. The van der Waals surface area contributed by atoms with Gasteiger partial charge in [0.1, 0.15) is 5.82 Å². The molecule has 0 bridgehead atoms. The Hall–Kier alpha value is -1.37. The summed E-state index contributed by atoms with van der Waals surface area (Å²) in [5, 5.41) is 3.17. The van der Waals surface area contributed by atoms with Crippen molar-refractivity contribution < 1.29 is 4.79 Å². The summed E-state index contributed by atoms with van der Waals surface area (Å²) in [4.78, 5) is 22.2. The van der Waals surface area contributed by atoms with Crippen LogP contribution in [-0.2, 0) is 4.79 Å². The van der Waals surface area contributed by atoms with Crippen LogP contribution < -0.4 is 16.0 Å². The highest BCUT2D eigenvalue weighted by Gasteiger charge is 2.26. The number of hydrogen-bond acceptors (Lipinski definition) is 5. The number of aromatic nitrogens is 2. The molecule has 7 heteroatoms. The lowest BCUT2D eigenvalue weighted by atomic mass is 10.2. The maximum atomic E-state index is 11.4. The van der Waals surface area contributed by atoms with Gasteiger partial charge in [-0.1, -0.05) is 19.8 Å². The summed E-state index contributed by atoms with van der Waals surface area (Å²) in [6.45, 7) is 3.10. The molecule has 0 spiro atoms. The van der Waals surface area contributed by atoms with E-state index < -0.39 is 0 Å². The van der Waals surface area contributed by atoms with Gasteiger partial charge in [0, 0.05) is 18.8 Å². The van der Waals surface area contributed by atoms with Crippen LogP contribution in [0.3, 0.4) is 0 Å². The summed E-state index contributed by atoms with van der Waals surface area (Å²) in [6.07, 6.45) is 7.24. The number of amides is 1. The molecule has 116 valence electrons. The highest BCUT2D eigenvalue weighted by atomic mass is 79.9. The standard InChI is InChI=1S/C14H22BrN5O/c1-2-7-17-14-18-8-11(15)13(19-14)20(9-12(16)21)10-5-3-4-6-10/h8,10H,2-7,9H2,1H3,(H2,16,21)(H,17,18,19). The molecule has 0 saturated heterocycles. The summed E-state index contributed by atoms with van der Waals surface area (Å²) in [5.74, 6) is 0.993. The van der Waals surface area contributed by atoms with Gasteiger partial charge in [0.05, 0.1) is 11.0 Å². The highest BCUT2D eigenvalue weighted by Crippen LogP contribution is 2.31. The van der Waals surface area contributed by atoms with Gasteiger partial charge < -0.3 is 16.0 Å². The molecule has 6 nitrogen and oxygen atoms in total. The van der Waals surface area contributed by atoms with Crippen LogP contribution in [0.2, 0.25) is 0 Å². The monoisotopic (exact) mass is 355 g/mol. The third-order valence-corrected chi connectivity index (χ3v) is 4.18. The second kappa shape index (κ2) is 7.59. The lowest BCUT2D eigenvalue weighted by molar-refractivity contribution is -0.116. The Morgan fingerprint density at radius 3 is 2.86 bits per heavy atom. The predicted octanol–water partition coefficient (Wildman–Crippen LogP) is 2.30. The Morgan fingerprint density at radius 1 is 1.52 bits per heavy atom. The van der Waals surface area contributed by atoms with Gasteiger partial charge >= 0.3 is 0 Å². The van der Waals surface area contributed by atoms with Gasteiger partial charge in [-0.15, -0.1) is 0 Å². The number of nitrogens with zero attached hydrogens (tertiary/aromatic N) is 3. The zero-order valence-electron chi connectivity index (χ0n) is 12.3. The van der Waals surface area contributed by atoms with E-state index in [-0.39, 0.29) is 12.5 Å². The first kappa shape index (κ1) is 16.0. The Bertz CT molecular complexity index is 490. The molecule has 3 N–H and O–H groups in total. The Kier molecular flexibility index (Phi) is 5.78. The number of rotatable bonds is 7. The second-order valence-corrected chi connectivity index (χ2v) is 6.18. The molecule has 0 aliphatic heterocycles. The molecule has 0 atom stereocenters. The number of halogens is 1. The van der Waals surface area contributed by atoms with Gasteiger partial charge in [-0.2, -0.15) is 4.98 Å². The van der Waals surface area contributed by atoms with Crippen LogP contribution in [0.15, 0.2) is 10.7 Å². The number of nitrogens with one attached hydrogen (secondary N) is 1. The maximum absolute atomic E-state index is 11.4. The summed E-state index contributed by atoms with van der Waals surface area (Å²) in [6, 6.07) is 0.322. The highest BCUT2D eigenvalue weighted by molar-refractivity contribution is 9.10. The van der Waals surface area contributed by atoms with E-state index in [9.17, 15) is 4.79 Å². The molecule has 1 aromatic heterocycles. The second-order valence-electron chi connectivity index (χ2n) is 5.32. The predicted molar refractivity (Wildman–Crippen MR) is 87.3 cm³/mol. The fourth-order valence-electron chi connectivity index (χ4n) is 2.64. The smallest absolute Gasteiger partial charge is 0.237 e. The van der Waals surface area contributed by atoms with Crippen LogP contribution in [0.5, 0.6) is 0 Å². The molecule has 2 rings (SSSR count). The van der Waals surface area contributed by atoms with Crippen LogP contribution >= 0.6 is 15.9 Å². The van der Waals surface area contributed by atoms with E-state index in [1.54, 1.807) is 6.20 Å². The molecule has 21 heavy (non-hydrogen) atoms. The molecule has 0 unspecified atom stereocenters. The molecule has 1 amide bonds. The van der Waals surface area contributed by atoms with Crippen LogP contribution in [-0.4, -0.2) is 35.0 Å². The molecular weight excluding hydrogens is 334 g/mol. The Morgan fingerprint density at radius 2 is 2.24 bits per heavy atom. The zero-order chi connectivity index (χ0) is 15.2. The number of primary amides is 1. The van der Waals surface area contributed by atoms with E-state index in [0.29, 0.717) is 12.0 Å². The van der Waals surface area contributed by atoms with E-state index in [4.69, 9.17) is 5.73 Å². The van der Waals surface area contributed by atoms with E-state index in [2.05, 4.69) is 38.1 Å². The topological polar surface area (TPSA) is 84.1 Å². The largest absolute Gasteiger partial charge is 0.368 e. The first-order valence-corrected chi connectivity index (χ1v) is 8.22. The molecule has 1 aliphatic rings. The molecule has 1 fully saturated rings. The summed E-state index contributed by atoms with van der Waals surface area (Å²) < 4.78 is 0.790. The van der Waals surface area contributed by atoms with Gasteiger partial charge in [0.15, 0.2) is 0 Å². The average molecular weight is 356 g/mol. The van der Waals surface area contributed by atoms with Crippen LogP contribution in [0, 0.1) is 0 Å².